The average molecular weight is 458 g/mol. The summed E-state index contributed by atoms with van der Waals surface area (Å²) in [6.07, 6.45) is 0. The zero-order valence-electron chi connectivity index (χ0n) is 18.7. The van der Waals surface area contributed by atoms with Crippen molar-refractivity contribution < 1.29 is 8.42 Å². The molecule has 168 valence electrons. The molecule has 1 aromatic heterocycles. The van der Waals surface area contributed by atoms with Crippen LogP contribution in [0.4, 0.5) is 0 Å². The predicted octanol–water partition coefficient (Wildman–Crippen LogP) is 4.48. The van der Waals surface area contributed by atoms with E-state index < -0.39 is 10.0 Å². The minimum absolute atomic E-state index is 0.419. The van der Waals surface area contributed by atoms with Gasteiger partial charge in [-0.3, -0.25) is 9.80 Å². The Morgan fingerprint density at radius 1 is 0.788 bits per heavy atom. The van der Waals surface area contributed by atoms with Gasteiger partial charge in [0.15, 0.2) is 0 Å². The molecule has 0 atom stereocenters. The van der Waals surface area contributed by atoms with Crippen molar-refractivity contribution in [3.63, 3.8) is 0 Å². The SMILES string of the molecule is Cc1ccc2c(c1)-c1c(CN3CCN(Cc4ccccc4)CC3)c3ccccc3n1S2(=O)=O. The molecule has 33 heavy (non-hydrogen) atoms. The van der Waals surface area contributed by atoms with E-state index in [4.69, 9.17) is 0 Å². The summed E-state index contributed by atoms with van der Waals surface area (Å²) in [7, 11) is -3.58. The standard InChI is InChI=1S/C27H27N3O2S/c1-20-11-12-26-23(17-20)27-24(22-9-5-6-10-25(22)30(27)33(26,31)32)19-29-15-13-28(14-16-29)18-21-7-3-2-4-8-21/h2-12,17H,13-16,18-19H2,1H3. The molecule has 0 saturated carbocycles. The van der Waals surface area contributed by atoms with Crippen LogP contribution < -0.4 is 0 Å². The first kappa shape index (κ1) is 20.7. The van der Waals surface area contributed by atoms with Gasteiger partial charge in [0, 0.05) is 55.8 Å². The van der Waals surface area contributed by atoms with Gasteiger partial charge in [0.1, 0.15) is 0 Å². The van der Waals surface area contributed by atoms with Gasteiger partial charge in [-0.2, -0.15) is 0 Å². The van der Waals surface area contributed by atoms with E-state index in [2.05, 4.69) is 46.2 Å². The van der Waals surface area contributed by atoms with Crippen molar-refractivity contribution in [2.75, 3.05) is 26.2 Å². The third-order valence-electron chi connectivity index (χ3n) is 6.94. The van der Waals surface area contributed by atoms with Crippen molar-refractivity contribution in [1.82, 2.24) is 13.8 Å². The average Bonchev–Trinajstić information content (AvgIpc) is 3.27. The highest BCUT2D eigenvalue weighted by molar-refractivity contribution is 7.90. The molecule has 0 spiro atoms. The van der Waals surface area contributed by atoms with Gasteiger partial charge >= 0.3 is 0 Å². The summed E-state index contributed by atoms with van der Waals surface area (Å²) in [5.41, 5.74) is 6.00. The van der Waals surface area contributed by atoms with E-state index in [1.54, 1.807) is 10.0 Å². The highest BCUT2D eigenvalue weighted by atomic mass is 32.2. The summed E-state index contributed by atoms with van der Waals surface area (Å²) in [5, 5.41) is 1.04. The van der Waals surface area contributed by atoms with E-state index in [1.807, 2.05) is 37.3 Å². The lowest BCUT2D eigenvalue weighted by molar-refractivity contribution is 0.122. The topological polar surface area (TPSA) is 45.5 Å². The fourth-order valence-electron chi connectivity index (χ4n) is 5.28. The van der Waals surface area contributed by atoms with Gasteiger partial charge < -0.3 is 0 Å². The van der Waals surface area contributed by atoms with Crippen LogP contribution >= 0.6 is 0 Å². The maximum absolute atomic E-state index is 13.5. The van der Waals surface area contributed by atoms with Gasteiger partial charge in [0.2, 0.25) is 0 Å². The van der Waals surface area contributed by atoms with Crippen LogP contribution in [-0.2, 0) is 23.1 Å². The van der Waals surface area contributed by atoms with Crippen LogP contribution in [0.5, 0.6) is 0 Å². The number of aryl methyl sites for hydroxylation is 1. The van der Waals surface area contributed by atoms with Crippen molar-refractivity contribution in [2.24, 2.45) is 0 Å². The molecule has 0 radical (unpaired) electrons. The minimum Gasteiger partial charge on any atom is -0.297 e. The molecular weight excluding hydrogens is 430 g/mol. The molecule has 0 unspecified atom stereocenters. The Hall–Kier alpha value is -2.93. The second-order valence-corrected chi connectivity index (χ2v) is 10.9. The van der Waals surface area contributed by atoms with Crippen molar-refractivity contribution in [1.29, 1.82) is 0 Å². The van der Waals surface area contributed by atoms with Crippen LogP contribution in [0.15, 0.2) is 77.7 Å². The van der Waals surface area contributed by atoms with Crippen LogP contribution in [0.2, 0.25) is 0 Å². The lowest BCUT2D eigenvalue weighted by Crippen LogP contribution is -2.45. The number of piperazine rings is 1. The summed E-state index contributed by atoms with van der Waals surface area (Å²) < 4.78 is 28.5. The van der Waals surface area contributed by atoms with E-state index in [9.17, 15) is 8.42 Å². The molecule has 6 rings (SSSR count). The van der Waals surface area contributed by atoms with Crippen LogP contribution in [-0.4, -0.2) is 48.4 Å². The van der Waals surface area contributed by atoms with Gasteiger partial charge in [-0.25, -0.2) is 12.4 Å². The molecule has 2 aliphatic rings. The molecule has 0 amide bonds. The summed E-state index contributed by atoms with van der Waals surface area (Å²) in [4.78, 5) is 5.38. The molecule has 3 aromatic carbocycles. The molecule has 2 aliphatic heterocycles. The smallest absolute Gasteiger partial charge is 0.269 e. The maximum Gasteiger partial charge on any atom is 0.269 e. The number of rotatable bonds is 4. The van der Waals surface area contributed by atoms with Gasteiger partial charge in [-0.15, -0.1) is 0 Å². The van der Waals surface area contributed by atoms with Crippen LogP contribution in [0.1, 0.15) is 16.7 Å². The number of nitrogens with zero attached hydrogens (tertiary/aromatic N) is 3. The Bertz CT molecular complexity index is 1450. The first-order valence-corrected chi connectivity index (χ1v) is 12.9. The molecule has 1 saturated heterocycles. The fraction of sp³-hybridized carbons (Fsp3) is 0.259. The molecule has 0 bridgehead atoms. The molecule has 0 aliphatic carbocycles. The number of aromatic nitrogens is 1. The molecule has 5 nitrogen and oxygen atoms in total. The first-order chi connectivity index (χ1) is 16.0. The summed E-state index contributed by atoms with van der Waals surface area (Å²) >= 11 is 0. The van der Waals surface area contributed by atoms with E-state index in [0.29, 0.717) is 4.90 Å². The van der Waals surface area contributed by atoms with E-state index in [-0.39, 0.29) is 0 Å². The lowest BCUT2D eigenvalue weighted by atomic mass is 10.0. The number of fused-ring (bicyclic) bond motifs is 5. The zero-order valence-corrected chi connectivity index (χ0v) is 19.6. The first-order valence-electron chi connectivity index (χ1n) is 11.5. The van der Waals surface area contributed by atoms with Crippen molar-refractivity contribution >= 4 is 20.9 Å². The Kier molecular flexibility index (Phi) is 4.91. The van der Waals surface area contributed by atoms with Crippen LogP contribution in [0.25, 0.3) is 22.2 Å². The van der Waals surface area contributed by atoms with Gasteiger partial charge in [0.05, 0.1) is 16.1 Å². The molecule has 4 aromatic rings. The second-order valence-electron chi connectivity index (χ2n) is 9.15. The van der Waals surface area contributed by atoms with Crippen LogP contribution in [0.3, 0.4) is 0 Å². The van der Waals surface area contributed by atoms with Crippen molar-refractivity contribution in [3.8, 4) is 11.3 Å². The van der Waals surface area contributed by atoms with E-state index in [0.717, 1.165) is 72.6 Å². The molecular formula is C27H27N3O2S. The minimum atomic E-state index is -3.58. The molecule has 0 N–H and O–H groups in total. The number of benzene rings is 3. The Morgan fingerprint density at radius 3 is 2.21 bits per heavy atom. The largest absolute Gasteiger partial charge is 0.297 e. The van der Waals surface area contributed by atoms with Crippen molar-refractivity contribution in [2.45, 2.75) is 24.9 Å². The van der Waals surface area contributed by atoms with E-state index >= 15 is 0 Å². The number of hydrogen-bond donors (Lipinski definition) is 0. The summed E-state index contributed by atoms with van der Waals surface area (Å²) in [5.74, 6) is 0. The van der Waals surface area contributed by atoms with E-state index in [1.165, 1.54) is 5.56 Å². The van der Waals surface area contributed by atoms with Crippen molar-refractivity contribution in [3.05, 3.63) is 89.5 Å². The highest BCUT2D eigenvalue weighted by Crippen LogP contribution is 2.45. The van der Waals surface area contributed by atoms with Gasteiger partial charge in [-0.05, 0) is 30.7 Å². The maximum atomic E-state index is 13.5. The third kappa shape index (κ3) is 3.41. The van der Waals surface area contributed by atoms with Crippen LogP contribution in [0, 0.1) is 6.92 Å². The number of para-hydroxylation sites is 1. The van der Waals surface area contributed by atoms with Gasteiger partial charge in [-0.1, -0.05) is 60.2 Å². The molecule has 6 heteroatoms. The highest BCUT2D eigenvalue weighted by Gasteiger charge is 2.37. The fourth-order valence-corrected chi connectivity index (χ4v) is 7.02. The van der Waals surface area contributed by atoms with Gasteiger partial charge in [0.25, 0.3) is 10.0 Å². The quantitative estimate of drug-likeness (QED) is 0.399. The zero-order chi connectivity index (χ0) is 22.6. The molecule has 1 fully saturated rings. The number of hydrogen-bond acceptors (Lipinski definition) is 4. The normalized spacial score (nSPS) is 17.8. The monoisotopic (exact) mass is 457 g/mol. The summed E-state index contributed by atoms with van der Waals surface area (Å²) in [6, 6.07) is 24.2. The summed E-state index contributed by atoms with van der Waals surface area (Å²) in [6.45, 7) is 7.71. The second kappa shape index (κ2) is 7.83. The lowest BCUT2D eigenvalue weighted by Gasteiger charge is -2.34. The Balaban J connectivity index is 1.33. The Labute approximate surface area is 194 Å². The third-order valence-corrected chi connectivity index (χ3v) is 8.71. The predicted molar refractivity (Wildman–Crippen MR) is 132 cm³/mol. The molecule has 3 heterocycles. The Morgan fingerprint density at radius 2 is 1.45 bits per heavy atom.